The van der Waals surface area contributed by atoms with Gasteiger partial charge in [0.1, 0.15) is 12.4 Å². The molecule has 0 aromatic heterocycles. The second kappa shape index (κ2) is 3.88. The molecule has 1 nitrogen and oxygen atoms in total. The average Bonchev–Trinajstić information content (AvgIpc) is 2.03. The minimum absolute atomic E-state index is 0.294. The Hall–Kier alpha value is -1.15. The molecule has 0 saturated heterocycles. The van der Waals surface area contributed by atoms with Gasteiger partial charge in [-0.2, -0.15) is 0 Å². The largest absolute Gasteiger partial charge is 0.232 e. The first kappa shape index (κ1) is 7.95. The molecule has 0 fully saturated rings. The van der Waals surface area contributed by atoms with Gasteiger partial charge >= 0.3 is 0 Å². The number of halogens is 1. The van der Waals surface area contributed by atoms with Gasteiger partial charge in [-0.1, -0.05) is 30.4 Å². The first-order chi connectivity index (χ1) is 5.34. The van der Waals surface area contributed by atoms with E-state index in [2.05, 4.69) is 0 Å². The topological polar surface area (TPSA) is 19.9 Å². The van der Waals surface area contributed by atoms with Crippen LogP contribution in [-0.2, 0) is 5.11 Å². The first-order valence-corrected chi connectivity index (χ1v) is 3.34. The van der Waals surface area contributed by atoms with E-state index in [0.717, 1.165) is 0 Å². The first-order valence-electron chi connectivity index (χ1n) is 3.34. The van der Waals surface area contributed by atoms with E-state index in [1.165, 1.54) is 18.2 Å². The van der Waals surface area contributed by atoms with Crippen LogP contribution in [0, 0.1) is 5.82 Å². The van der Waals surface area contributed by atoms with Crippen LogP contribution in [0.3, 0.4) is 0 Å². The van der Waals surface area contributed by atoms with Crippen molar-refractivity contribution in [2.75, 3.05) is 6.61 Å². The van der Waals surface area contributed by atoms with Crippen LogP contribution in [0.2, 0.25) is 0 Å². The molecule has 1 aromatic rings. The van der Waals surface area contributed by atoms with E-state index in [1.54, 1.807) is 18.2 Å². The molecule has 0 amide bonds. The summed E-state index contributed by atoms with van der Waals surface area (Å²) in [6.07, 6.45) is 2.88. The van der Waals surface area contributed by atoms with E-state index >= 15 is 0 Å². The molecule has 0 aliphatic rings. The third-order valence-electron chi connectivity index (χ3n) is 1.30. The minimum atomic E-state index is -0.311. The molecule has 2 heteroatoms. The number of benzene rings is 1. The highest BCUT2D eigenvalue weighted by Crippen LogP contribution is 2.07. The lowest BCUT2D eigenvalue weighted by molar-refractivity contribution is 0.233. The van der Waals surface area contributed by atoms with Gasteiger partial charge in [-0.25, -0.2) is 9.50 Å². The van der Waals surface area contributed by atoms with Gasteiger partial charge in [-0.3, -0.25) is 0 Å². The monoisotopic (exact) mass is 151 g/mol. The SMILES string of the molecule is [O]C/C=C/c1ccccc1F. The summed E-state index contributed by atoms with van der Waals surface area (Å²) in [4.78, 5) is 0. The summed E-state index contributed by atoms with van der Waals surface area (Å²) < 4.78 is 12.8. The molecule has 1 radical (unpaired) electrons. The van der Waals surface area contributed by atoms with Crippen molar-refractivity contribution in [3.05, 3.63) is 41.7 Å². The number of hydrogen-bond acceptors (Lipinski definition) is 0. The van der Waals surface area contributed by atoms with Crippen molar-refractivity contribution in [2.24, 2.45) is 0 Å². The molecule has 1 rings (SSSR count). The summed E-state index contributed by atoms with van der Waals surface area (Å²) in [7, 11) is 0. The zero-order chi connectivity index (χ0) is 8.10. The second-order valence-electron chi connectivity index (χ2n) is 2.09. The van der Waals surface area contributed by atoms with E-state index in [-0.39, 0.29) is 12.4 Å². The minimum Gasteiger partial charge on any atom is -0.232 e. The number of rotatable bonds is 2. The number of hydrogen-bond donors (Lipinski definition) is 0. The second-order valence-corrected chi connectivity index (χ2v) is 2.09. The summed E-state index contributed by atoms with van der Waals surface area (Å²) >= 11 is 0. The highest BCUT2D eigenvalue weighted by molar-refractivity contribution is 5.49. The van der Waals surface area contributed by atoms with Gasteiger partial charge in [0.05, 0.1) is 0 Å². The third kappa shape index (κ3) is 2.16. The van der Waals surface area contributed by atoms with Gasteiger partial charge in [-0.05, 0) is 6.07 Å². The Balaban J connectivity index is 2.86. The molecule has 0 atom stereocenters. The van der Waals surface area contributed by atoms with Crippen molar-refractivity contribution >= 4 is 6.08 Å². The van der Waals surface area contributed by atoms with Gasteiger partial charge < -0.3 is 0 Å². The van der Waals surface area contributed by atoms with Crippen molar-refractivity contribution in [2.45, 2.75) is 0 Å². The van der Waals surface area contributed by atoms with Crippen molar-refractivity contribution in [1.29, 1.82) is 0 Å². The smallest absolute Gasteiger partial charge is 0.130 e. The van der Waals surface area contributed by atoms with Crippen molar-refractivity contribution in [3.8, 4) is 0 Å². The summed E-state index contributed by atoms with van der Waals surface area (Å²) in [5, 5.41) is 10.0. The molecule has 0 aliphatic heterocycles. The highest BCUT2D eigenvalue weighted by Gasteiger charge is 1.93. The fourth-order valence-electron chi connectivity index (χ4n) is 0.785. The van der Waals surface area contributed by atoms with Crippen LogP contribution in [-0.4, -0.2) is 6.61 Å². The van der Waals surface area contributed by atoms with Gasteiger partial charge in [0.15, 0.2) is 0 Å². The van der Waals surface area contributed by atoms with Crippen LogP contribution in [0.4, 0.5) is 4.39 Å². The van der Waals surface area contributed by atoms with E-state index in [1.807, 2.05) is 0 Å². The Morgan fingerprint density at radius 1 is 1.36 bits per heavy atom. The lowest BCUT2D eigenvalue weighted by Crippen LogP contribution is -1.79. The van der Waals surface area contributed by atoms with Gasteiger partial charge in [0, 0.05) is 5.56 Å². The lowest BCUT2D eigenvalue weighted by Gasteiger charge is -1.92. The van der Waals surface area contributed by atoms with E-state index in [0.29, 0.717) is 5.56 Å². The van der Waals surface area contributed by atoms with Crippen molar-refractivity contribution in [1.82, 2.24) is 0 Å². The predicted molar refractivity (Wildman–Crippen MR) is 41.0 cm³/mol. The van der Waals surface area contributed by atoms with E-state index < -0.39 is 0 Å². The van der Waals surface area contributed by atoms with Crippen LogP contribution in [0.25, 0.3) is 6.08 Å². The molecule has 0 aliphatic carbocycles. The molecular formula is C9H8FO. The molecule has 0 bridgehead atoms. The van der Waals surface area contributed by atoms with Crippen LogP contribution >= 0.6 is 0 Å². The summed E-state index contributed by atoms with van der Waals surface area (Å²) in [6.45, 7) is -0.311. The summed E-state index contributed by atoms with van der Waals surface area (Å²) in [6, 6.07) is 6.34. The molecule has 0 unspecified atom stereocenters. The standard InChI is InChI=1S/C9H8FO/c10-9-6-2-1-4-8(9)5-3-7-11/h1-6H,7H2/b5-3+. The Morgan fingerprint density at radius 3 is 2.73 bits per heavy atom. The zero-order valence-corrected chi connectivity index (χ0v) is 5.96. The molecule has 11 heavy (non-hydrogen) atoms. The van der Waals surface area contributed by atoms with Crippen LogP contribution in [0.15, 0.2) is 30.3 Å². The Labute approximate surface area is 64.8 Å². The highest BCUT2D eigenvalue weighted by atomic mass is 19.1. The fraction of sp³-hybridized carbons (Fsp3) is 0.111. The molecule has 0 heterocycles. The van der Waals surface area contributed by atoms with Gasteiger partial charge in [0.25, 0.3) is 0 Å². The Kier molecular flexibility index (Phi) is 2.81. The maximum atomic E-state index is 12.8. The maximum absolute atomic E-state index is 12.8. The van der Waals surface area contributed by atoms with Crippen molar-refractivity contribution in [3.63, 3.8) is 0 Å². The normalized spacial score (nSPS) is 10.7. The molecule has 0 spiro atoms. The predicted octanol–water partition coefficient (Wildman–Crippen LogP) is 2.27. The van der Waals surface area contributed by atoms with Crippen LogP contribution < -0.4 is 0 Å². The molecular weight excluding hydrogens is 143 g/mol. The molecule has 1 aromatic carbocycles. The molecule has 0 saturated carbocycles. The third-order valence-corrected chi connectivity index (χ3v) is 1.30. The van der Waals surface area contributed by atoms with Crippen LogP contribution in [0.1, 0.15) is 5.56 Å². The Bertz CT molecular complexity index is 255. The summed E-state index contributed by atoms with van der Waals surface area (Å²) in [5.74, 6) is -0.294. The van der Waals surface area contributed by atoms with Crippen molar-refractivity contribution < 1.29 is 9.50 Å². The lowest BCUT2D eigenvalue weighted by atomic mass is 10.2. The Morgan fingerprint density at radius 2 is 2.09 bits per heavy atom. The molecule has 0 N–H and O–H groups in total. The van der Waals surface area contributed by atoms with Gasteiger partial charge in [0.2, 0.25) is 0 Å². The van der Waals surface area contributed by atoms with Gasteiger partial charge in [-0.15, -0.1) is 0 Å². The quantitative estimate of drug-likeness (QED) is 0.618. The maximum Gasteiger partial charge on any atom is 0.130 e. The molecule has 57 valence electrons. The average molecular weight is 151 g/mol. The fourth-order valence-corrected chi connectivity index (χ4v) is 0.785. The van der Waals surface area contributed by atoms with E-state index in [4.69, 9.17) is 0 Å². The summed E-state index contributed by atoms with van der Waals surface area (Å²) in [5.41, 5.74) is 0.461. The van der Waals surface area contributed by atoms with E-state index in [9.17, 15) is 9.50 Å². The zero-order valence-electron chi connectivity index (χ0n) is 5.96. The van der Waals surface area contributed by atoms with Crippen LogP contribution in [0.5, 0.6) is 0 Å².